The Morgan fingerprint density at radius 2 is 1.61 bits per heavy atom. The summed E-state index contributed by atoms with van der Waals surface area (Å²) in [7, 11) is 0. The minimum absolute atomic E-state index is 0.943. The molecule has 0 aromatic heterocycles. The number of rotatable bonds is 5. The van der Waals surface area contributed by atoms with Gasteiger partial charge in [0, 0.05) is 22.5 Å². The molecule has 2 aromatic rings. The zero-order chi connectivity index (χ0) is 12.2. The molecule has 0 N–H and O–H groups in total. The molecule has 0 radical (unpaired) electrons. The number of hydrogen-bond donors (Lipinski definition) is 0. The molecule has 0 bridgehead atoms. The molecule has 1 aliphatic heterocycles. The molecule has 0 nitrogen and oxygen atoms in total. The summed E-state index contributed by atoms with van der Waals surface area (Å²) < 4.78 is 0. The van der Waals surface area contributed by atoms with Gasteiger partial charge in [0.05, 0.1) is 0 Å². The van der Waals surface area contributed by atoms with Gasteiger partial charge in [-0.2, -0.15) is 23.5 Å². The first kappa shape index (κ1) is 12.2. The summed E-state index contributed by atoms with van der Waals surface area (Å²) in [5, 5.41) is 0.943. The lowest BCUT2D eigenvalue weighted by molar-refractivity contribution is 1.26. The topological polar surface area (TPSA) is 0 Å². The molecule has 0 saturated carbocycles. The quantitative estimate of drug-likeness (QED) is 0.723. The van der Waals surface area contributed by atoms with Crippen molar-refractivity contribution in [2.75, 3.05) is 11.5 Å². The summed E-state index contributed by atoms with van der Waals surface area (Å²) in [6.45, 7) is 0. The van der Waals surface area contributed by atoms with E-state index in [1.54, 1.807) is 0 Å². The van der Waals surface area contributed by atoms with E-state index in [9.17, 15) is 0 Å². The second-order valence-electron chi connectivity index (χ2n) is 4.53. The summed E-state index contributed by atoms with van der Waals surface area (Å²) in [6, 6.07) is 19.5. The van der Waals surface area contributed by atoms with E-state index in [1.807, 2.05) is 0 Å². The van der Waals surface area contributed by atoms with E-state index in [0.717, 1.165) is 11.0 Å². The van der Waals surface area contributed by atoms with Gasteiger partial charge in [-0.25, -0.2) is 0 Å². The maximum Gasteiger partial charge on any atom is 0.0229 e. The van der Waals surface area contributed by atoms with E-state index in [2.05, 4.69) is 78.1 Å². The van der Waals surface area contributed by atoms with E-state index in [-0.39, 0.29) is 0 Å². The minimum atomic E-state index is 0.943. The second-order valence-corrected chi connectivity index (χ2v) is 6.90. The molecule has 0 aliphatic carbocycles. The third-order valence-corrected chi connectivity index (χ3v) is 5.39. The van der Waals surface area contributed by atoms with Gasteiger partial charge in [-0.1, -0.05) is 54.6 Å². The second kappa shape index (κ2) is 5.85. The number of hydrogen-bond acceptors (Lipinski definition) is 2. The SMILES string of the molecule is c1ccc(-c2ccc(CSCC3CS3)cc2)cc1. The molecule has 3 rings (SSSR count). The average Bonchev–Trinajstić information content (AvgIpc) is 3.25. The fraction of sp³-hybridized carbons (Fsp3) is 0.250. The Morgan fingerprint density at radius 3 is 2.28 bits per heavy atom. The smallest absolute Gasteiger partial charge is 0.0229 e. The lowest BCUT2D eigenvalue weighted by Gasteiger charge is -2.04. The van der Waals surface area contributed by atoms with E-state index in [1.165, 1.54) is 28.2 Å². The zero-order valence-corrected chi connectivity index (χ0v) is 11.8. The highest BCUT2D eigenvalue weighted by Crippen LogP contribution is 2.33. The molecule has 1 fully saturated rings. The van der Waals surface area contributed by atoms with Gasteiger partial charge in [0.2, 0.25) is 0 Å². The van der Waals surface area contributed by atoms with Gasteiger partial charge in [0.25, 0.3) is 0 Å². The van der Waals surface area contributed by atoms with Crippen LogP contribution in [-0.2, 0) is 5.75 Å². The summed E-state index contributed by atoms with van der Waals surface area (Å²) in [5.74, 6) is 3.83. The van der Waals surface area contributed by atoms with Crippen molar-refractivity contribution in [1.82, 2.24) is 0 Å². The zero-order valence-electron chi connectivity index (χ0n) is 10.2. The van der Waals surface area contributed by atoms with Crippen LogP contribution in [0.4, 0.5) is 0 Å². The molecule has 1 unspecified atom stereocenters. The van der Waals surface area contributed by atoms with Crippen molar-refractivity contribution in [3.05, 3.63) is 60.2 Å². The van der Waals surface area contributed by atoms with Gasteiger partial charge in [-0.05, 0) is 16.7 Å². The molecule has 1 atom stereocenters. The van der Waals surface area contributed by atoms with Crippen molar-refractivity contribution in [2.24, 2.45) is 0 Å². The van der Waals surface area contributed by atoms with E-state index in [4.69, 9.17) is 0 Å². The summed E-state index contributed by atoms with van der Waals surface area (Å²) in [6.07, 6.45) is 0. The van der Waals surface area contributed by atoms with Crippen LogP contribution < -0.4 is 0 Å². The minimum Gasteiger partial charge on any atom is -0.156 e. The van der Waals surface area contributed by atoms with Crippen LogP contribution in [0.5, 0.6) is 0 Å². The maximum atomic E-state index is 2.26. The lowest BCUT2D eigenvalue weighted by atomic mass is 10.0. The fourth-order valence-corrected chi connectivity index (χ4v) is 3.90. The van der Waals surface area contributed by atoms with Gasteiger partial charge in [-0.3, -0.25) is 0 Å². The van der Waals surface area contributed by atoms with Crippen molar-refractivity contribution in [1.29, 1.82) is 0 Å². The van der Waals surface area contributed by atoms with Crippen molar-refractivity contribution in [3.63, 3.8) is 0 Å². The normalized spacial score (nSPS) is 17.7. The first-order chi connectivity index (χ1) is 8.92. The monoisotopic (exact) mass is 272 g/mol. The van der Waals surface area contributed by atoms with Crippen molar-refractivity contribution in [3.8, 4) is 11.1 Å². The summed E-state index contributed by atoms with van der Waals surface area (Å²) in [4.78, 5) is 0. The van der Waals surface area contributed by atoms with Crippen LogP contribution >= 0.6 is 23.5 Å². The van der Waals surface area contributed by atoms with Gasteiger partial charge in [0.1, 0.15) is 0 Å². The Balaban J connectivity index is 1.61. The standard InChI is InChI=1S/C16H16S2/c1-2-4-14(5-3-1)15-8-6-13(7-9-15)10-17-11-16-12-18-16/h1-9,16H,10-12H2. The third kappa shape index (κ3) is 3.33. The Labute approximate surface area is 117 Å². The highest BCUT2D eigenvalue weighted by atomic mass is 32.2. The first-order valence-corrected chi connectivity index (χ1v) is 8.46. The van der Waals surface area contributed by atoms with E-state index < -0.39 is 0 Å². The molecule has 1 saturated heterocycles. The molecule has 92 valence electrons. The molecule has 1 heterocycles. The molecule has 2 aromatic carbocycles. The fourth-order valence-electron chi connectivity index (χ4n) is 1.90. The Kier molecular flexibility index (Phi) is 3.96. The van der Waals surface area contributed by atoms with Crippen LogP contribution in [0.2, 0.25) is 0 Å². The van der Waals surface area contributed by atoms with E-state index in [0.29, 0.717) is 0 Å². The third-order valence-electron chi connectivity index (χ3n) is 3.04. The van der Waals surface area contributed by atoms with Crippen molar-refractivity contribution < 1.29 is 0 Å². The van der Waals surface area contributed by atoms with Gasteiger partial charge in [-0.15, -0.1) is 0 Å². The molecule has 0 amide bonds. The van der Waals surface area contributed by atoms with E-state index >= 15 is 0 Å². The molecule has 2 heteroatoms. The number of thioether (sulfide) groups is 2. The maximum absolute atomic E-state index is 2.26. The van der Waals surface area contributed by atoms with Gasteiger partial charge in [0.15, 0.2) is 0 Å². The molecule has 0 spiro atoms. The molecular weight excluding hydrogens is 256 g/mol. The predicted molar refractivity (Wildman–Crippen MR) is 84.3 cm³/mol. The van der Waals surface area contributed by atoms with Crippen molar-refractivity contribution in [2.45, 2.75) is 11.0 Å². The van der Waals surface area contributed by atoms with Crippen LogP contribution in [0, 0.1) is 0 Å². The van der Waals surface area contributed by atoms with Crippen LogP contribution in [0.1, 0.15) is 5.56 Å². The first-order valence-electron chi connectivity index (χ1n) is 6.25. The van der Waals surface area contributed by atoms with Crippen LogP contribution in [-0.4, -0.2) is 16.8 Å². The predicted octanol–water partition coefficient (Wildman–Crippen LogP) is 4.70. The summed E-state index contributed by atoms with van der Waals surface area (Å²) in [5.41, 5.74) is 4.04. The largest absolute Gasteiger partial charge is 0.156 e. The summed E-state index contributed by atoms with van der Waals surface area (Å²) >= 11 is 4.14. The Bertz CT molecular complexity index is 486. The van der Waals surface area contributed by atoms with Crippen LogP contribution in [0.3, 0.4) is 0 Å². The Morgan fingerprint density at radius 1 is 0.944 bits per heavy atom. The van der Waals surface area contributed by atoms with Gasteiger partial charge < -0.3 is 0 Å². The number of benzene rings is 2. The molecule has 18 heavy (non-hydrogen) atoms. The van der Waals surface area contributed by atoms with Crippen LogP contribution in [0.25, 0.3) is 11.1 Å². The lowest BCUT2D eigenvalue weighted by Crippen LogP contribution is -1.89. The average molecular weight is 272 g/mol. The van der Waals surface area contributed by atoms with Crippen LogP contribution in [0.15, 0.2) is 54.6 Å². The van der Waals surface area contributed by atoms with Gasteiger partial charge >= 0.3 is 0 Å². The highest BCUT2D eigenvalue weighted by molar-refractivity contribution is 8.08. The Hall–Kier alpha value is -0.860. The molecular formula is C16H16S2. The van der Waals surface area contributed by atoms with Crippen molar-refractivity contribution >= 4 is 23.5 Å². The highest BCUT2D eigenvalue weighted by Gasteiger charge is 2.21. The molecule has 1 aliphatic rings.